The molecule has 0 spiro atoms. The van der Waals surface area contributed by atoms with Crippen molar-refractivity contribution in [1.29, 1.82) is 0 Å². The van der Waals surface area contributed by atoms with Crippen LogP contribution in [-0.4, -0.2) is 61.3 Å². The van der Waals surface area contributed by atoms with Gasteiger partial charge in [0.05, 0.1) is 13.2 Å². The summed E-state index contributed by atoms with van der Waals surface area (Å²) in [5.41, 5.74) is 0.386. The third-order valence-corrected chi connectivity index (χ3v) is 4.54. The van der Waals surface area contributed by atoms with Crippen LogP contribution >= 0.6 is 11.6 Å². The number of amides is 2. The van der Waals surface area contributed by atoms with Gasteiger partial charge in [-0.25, -0.2) is 9.18 Å². The van der Waals surface area contributed by atoms with Crippen molar-refractivity contribution in [3.8, 4) is 0 Å². The maximum atomic E-state index is 13.4. The minimum atomic E-state index is -0.459. The van der Waals surface area contributed by atoms with E-state index < -0.39 is 5.82 Å². The third kappa shape index (κ3) is 4.34. The molecule has 0 aliphatic carbocycles. The normalized spacial score (nSPS) is 22.3. The second kappa shape index (κ2) is 7.47. The summed E-state index contributed by atoms with van der Waals surface area (Å²) in [5.74, 6) is -0.459. The fourth-order valence-electron chi connectivity index (χ4n) is 3.20. The first-order chi connectivity index (χ1) is 11.1. The van der Waals surface area contributed by atoms with Gasteiger partial charge in [0.25, 0.3) is 0 Å². The minimum absolute atomic E-state index is 0.192. The standard InChI is InChI=1S/C16H21ClFN3O2/c17-12-8-13(18)10-14(9-12)19-16(22)21-3-1-2-15(21)11-20-4-6-23-7-5-20/h8-10,15H,1-7,11H2,(H,19,22). The SMILES string of the molecule is O=C(Nc1cc(F)cc(Cl)c1)N1CCCC1CN1CCOCC1. The molecule has 1 N–H and O–H groups in total. The van der Waals surface area contributed by atoms with E-state index in [4.69, 9.17) is 16.3 Å². The average molecular weight is 342 g/mol. The lowest BCUT2D eigenvalue weighted by molar-refractivity contribution is 0.0296. The van der Waals surface area contributed by atoms with Gasteiger partial charge < -0.3 is 15.0 Å². The van der Waals surface area contributed by atoms with E-state index >= 15 is 0 Å². The lowest BCUT2D eigenvalue weighted by Crippen LogP contribution is -2.47. The van der Waals surface area contributed by atoms with Gasteiger partial charge in [0.1, 0.15) is 5.82 Å². The molecular weight excluding hydrogens is 321 g/mol. The number of carbonyl (C=O) groups is 1. The summed E-state index contributed by atoms with van der Waals surface area (Å²) in [6.45, 7) is 4.91. The number of hydrogen-bond acceptors (Lipinski definition) is 3. The van der Waals surface area contributed by atoms with Crippen LogP contribution < -0.4 is 5.32 Å². The zero-order valence-electron chi connectivity index (χ0n) is 12.9. The first kappa shape index (κ1) is 16.5. The van der Waals surface area contributed by atoms with Crippen LogP contribution in [0.2, 0.25) is 5.02 Å². The lowest BCUT2D eigenvalue weighted by Gasteiger charge is -2.32. The zero-order chi connectivity index (χ0) is 16.2. The molecule has 2 amide bonds. The van der Waals surface area contributed by atoms with Crippen molar-refractivity contribution >= 4 is 23.3 Å². The molecule has 0 aromatic heterocycles. The number of halogens is 2. The van der Waals surface area contributed by atoms with E-state index in [0.717, 1.165) is 52.2 Å². The highest BCUT2D eigenvalue weighted by atomic mass is 35.5. The highest BCUT2D eigenvalue weighted by Gasteiger charge is 2.30. The molecule has 1 atom stereocenters. The number of benzene rings is 1. The lowest BCUT2D eigenvalue weighted by atomic mass is 10.2. The second-order valence-corrected chi connectivity index (χ2v) is 6.43. The maximum Gasteiger partial charge on any atom is 0.322 e. The van der Waals surface area contributed by atoms with Gasteiger partial charge in [-0.15, -0.1) is 0 Å². The molecule has 126 valence electrons. The molecule has 2 aliphatic rings. The number of urea groups is 1. The Balaban J connectivity index is 1.60. The fraction of sp³-hybridized carbons (Fsp3) is 0.562. The molecule has 0 saturated carbocycles. The number of rotatable bonds is 3. The highest BCUT2D eigenvalue weighted by molar-refractivity contribution is 6.30. The molecule has 0 radical (unpaired) electrons. The van der Waals surface area contributed by atoms with Crippen LogP contribution in [0, 0.1) is 5.82 Å². The second-order valence-electron chi connectivity index (χ2n) is 5.99. The van der Waals surface area contributed by atoms with E-state index in [1.54, 1.807) is 6.07 Å². The molecule has 2 heterocycles. The number of ether oxygens (including phenoxy) is 1. The van der Waals surface area contributed by atoms with Crippen molar-refractivity contribution in [2.24, 2.45) is 0 Å². The van der Waals surface area contributed by atoms with Crippen molar-refractivity contribution in [3.63, 3.8) is 0 Å². The van der Waals surface area contributed by atoms with Crippen molar-refractivity contribution < 1.29 is 13.9 Å². The molecule has 2 saturated heterocycles. The van der Waals surface area contributed by atoms with Crippen LogP contribution in [0.1, 0.15) is 12.8 Å². The number of morpholine rings is 1. The topological polar surface area (TPSA) is 44.8 Å². The van der Waals surface area contributed by atoms with Gasteiger partial charge in [-0.05, 0) is 31.0 Å². The summed E-state index contributed by atoms with van der Waals surface area (Å²) in [5, 5.41) is 3.02. The summed E-state index contributed by atoms with van der Waals surface area (Å²) in [6, 6.07) is 4.04. The number of nitrogens with one attached hydrogen (secondary N) is 1. The largest absolute Gasteiger partial charge is 0.379 e. The molecule has 5 nitrogen and oxygen atoms in total. The fourth-order valence-corrected chi connectivity index (χ4v) is 3.42. The summed E-state index contributed by atoms with van der Waals surface area (Å²) in [7, 11) is 0. The predicted octanol–water partition coefficient (Wildman–Crippen LogP) is 2.81. The van der Waals surface area contributed by atoms with E-state index in [1.165, 1.54) is 12.1 Å². The van der Waals surface area contributed by atoms with Crippen LogP contribution in [0.15, 0.2) is 18.2 Å². The Morgan fingerprint density at radius 3 is 2.83 bits per heavy atom. The van der Waals surface area contributed by atoms with E-state index in [-0.39, 0.29) is 17.1 Å². The Kier molecular flexibility index (Phi) is 5.35. The van der Waals surface area contributed by atoms with Crippen LogP contribution in [0.25, 0.3) is 0 Å². The number of carbonyl (C=O) groups excluding carboxylic acids is 1. The molecule has 1 aromatic carbocycles. The van der Waals surface area contributed by atoms with Gasteiger partial charge in [0.15, 0.2) is 0 Å². The summed E-state index contributed by atoms with van der Waals surface area (Å²) < 4.78 is 18.7. The van der Waals surface area contributed by atoms with Crippen LogP contribution in [0.4, 0.5) is 14.9 Å². The number of nitrogens with zero attached hydrogens (tertiary/aromatic N) is 2. The highest BCUT2D eigenvalue weighted by Crippen LogP contribution is 2.22. The van der Waals surface area contributed by atoms with E-state index in [9.17, 15) is 9.18 Å². The Morgan fingerprint density at radius 1 is 1.30 bits per heavy atom. The summed E-state index contributed by atoms with van der Waals surface area (Å²) >= 11 is 5.83. The molecule has 1 aromatic rings. The van der Waals surface area contributed by atoms with Gasteiger partial charge >= 0.3 is 6.03 Å². The zero-order valence-corrected chi connectivity index (χ0v) is 13.7. The van der Waals surface area contributed by atoms with E-state index in [1.807, 2.05) is 4.90 Å². The summed E-state index contributed by atoms with van der Waals surface area (Å²) in [6.07, 6.45) is 1.99. The van der Waals surface area contributed by atoms with Crippen molar-refractivity contribution in [1.82, 2.24) is 9.80 Å². The van der Waals surface area contributed by atoms with Gasteiger partial charge in [-0.2, -0.15) is 0 Å². The van der Waals surface area contributed by atoms with Crippen molar-refractivity contribution in [3.05, 3.63) is 29.0 Å². The first-order valence-corrected chi connectivity index (χ1v) is 8.33. The monoisotopic (exact) mass is 341 g/mol. The third-order valence-electron chi connectivity index (χ3n) is 4.32. The minimum Gasteiger partial charge on any atom is -0.379 e. The van der Waals surface area contributed by atoms with E-state index in [0.29, 0.717) is 5.69 Å². The summed E-state index contributed by atoms with van der Waals surface area (Å²) in [4.78, 5) is 16.7. The number of anilines is 1. The smallest absolute Gasteiger partial charge is 0.322 e. The van der Waals surface area contributed by atoms with Gasteiger partial charge in [0, 0.05) is 42.9 Å². The molecule has 23 heavy (non-hydrogen) atoms. The van der Waals surface area contributed by atoms with Gasteiger partial charge in [-0.1, -0.05) is 11.6 Å². The number of likely N-dealkylation sites (tertiary alicyclic amines) is 1. The first-order valence-electron chi connectivity index (χ1n) is 7.95. The van der Waals surface area contributed by atoms with Crippen molar-refractivity contribution in [2.45, 2.75) is 18.9 Å². The Morgan fingerprint density at radius 2 is 2.09 bits per heavy atom. The number of hydrogen-bond donors (Lipinski definition) is 1. The van der Waals surface area contributed by atoms with Gasteiger partial charge in [-0.3, -0.25) is 4.90 Å². The average Bonchev–Trinajstić information content (AvgIpc) is 2.95. The molecule has 7 heteroatoms. The van der Waals surface area contributed by atoms with Crippen LogP contribution in [0.3, 0.4) is 0 Å². The Labute approximate surface area is 140 Å². The van der Waals surface area contributed by atoms with Crippen LogP contribution in [0.5, 0.6) is 0 Å². The van der Waals surface area contributed by atoms with Crippen LogP contribution in [-0.2, 0) is 4.74 Å². The van der Waals surface area contributed by atoms with E-state index in [2.05, 4.69) is 10.2 Å². The Bertz CT molecular complexity index is 546. The molecule has 3 rings (SSSR count). The molecule has 2 fully saturated rings. The van der Waals surface area contributed by atoms with Crippen molar-refractivity contribution in [2.75, 3.05) is 44.7 Å². The molecule has 0 bridgehead atoms. The molecule has 1 unspecified atom stereocenters. The maximum absolute atomic E-state index is 13.4. The Hall–Kier alpha value is -1.37. The molecule has 2 aliphatic heterocycles. The predicted molar refractivity (Wildman–Crippen MR) is 87.4 cm³/mol. The quantitative estimate of drug-likeness (QED) is 0.919. The molecular formula is C16H21ClFN3O2. The van der Waals surface area contributed by atoms with Gasteiger partial charge in [0.2, 0.25) is 0 Å².